The van der Waals surface area contributed by atoms with E-state index in [-0.39, 0.29) is 5.75 Å². The maximum absolute atomic E-state index is 10.8. The zero-order valence-electron chi connectivity index (χ0n) is 12.7. The number of nitriles is 1. The molecule has 0 saturated carbocycles. The predicted molar refractivity (Wildman–Crippen MR) is 97.7 cm³/mol. The molecular formula is C18H17NO3S2. The van der Waals surface area contributed by atoms with Gasteiger partial charge in [0.2, 0.25) is 0 Å². The van der Waals surface area contributed by atoms with E-state index in [1.807, 2.05) is 24.3 Å². The van der Waals surface area contributed by atoms with Crippen LogP contribution in [0.1, 0.15) is 11.1 Å². The van der Waals surface area contributed by atoms with Gasteiger partial charge in [0.1, 0.15) is 17.8 Å². The van der Waals surface area contributed by atoms with Gasteiger partial charge < -0.3 is 15.3 Å². The van der Waals surface area contributed by atoms with Crippen LogP contribution in [0.4, 0.5) is 0 Å². The summed E-state index contributed by atoms with van der Waals surface area (Å²) in [4.78, 5) is 0. The second kappa shape index (κ2) is 6.79. The Morgan fingerprint density at radius 1 is 1.04 bits per heavy atom. The van der Waals surface area contributed by atoms with Crippen molar-refractivity contribution in [2.45, 2.75) is 22.4 Å². The highest BCUT2D eigenvalue weighted by molar-refractivity contribution is 8.10. The zero-order valence-corrected chi connectivity index (χ0v) is 14.4. The van der Waals surface area contributed by atoms with Gasteiger partial charge in [-0.2, -0.15) is 17.9 Å². The number of rotatable bonds is 2. The highest BCUT2D eigenvalue weighted by Gasteiger charge is 2.47. The zero-order chi connectivity index (χ0) is 17.3. The van der Waals surface area contributed by atoms with Gasteiger partial charge in [0, 0.05) is 5.75 Å². The molecule has 0 amide bonds. The molecule has 0 radical (unpaired) electrons. The lowest BCUT2D eigenvalue weighted by molar-refractivity contribution is -0.117. The molecule has 1 aliphatic heterocycles. The summed E-state index contributed by atoms with van der Waals surface area (Å²) in [5.74, 6) is 0.260. The third kappa shape index (κ3) is 3.06. The van der Waals surface area contributed by atoms with Crippen LogP contribution in [0.15, 0.2) is 48.5 Å². The van der Waals surface area contributed by atoms with Crippen LogP contribution in [-0.2, 0) is 5.60 Å². The summed E-state index contributed by atoms with van der Waals surface area (Å²) in [6.07, 6.45) is -2.39. The lowest BCUT2D eigenvalue weighted by atomic mass is 9.86. The highest BCUT2D eigenvalue weighted by Crippen LogP contribution is 2.41. The van der Waals surface area contributed by atoms with Crippen molar-refractivity contribution in [3.8, 4) is 17.2 Å². The molecule has 0 spiro atoms. The van der Waals surface area contributed by atoms with Crippen molar-refractivity contribution < 1.29 is 15.3 Å². The second-order valence-corrected chi connectivity index (χ2v) is 7.86. The fraction of sp³-hybridized carbons (Fsp3) is 0.278. The number of aliphatic hydroxyl groups excluding tert-OH is 2. The fourth-order valence-corrected chi connectivity index (χ4v) is 4.27. The smallest absolute Gasteiger partial charge is 0.127 e. The van der Waals surface area contributed by atoms with Crippen molar-refractivity contribution in [2.24, 2.45) is 0 Å². The van der Waals surface area contributed by atoms with Gasteiger partial charge in [0.15, 0.2) is 0 Å². The fourth-order valence-electron chi connectivity index (χ4n) is 2.78. The van der Waals surface area contributed by atoms with Crippen LogP contribution in [0.25, 0.3) is 11.1 Å². The maximum Gasteiger partial charge on any atom is 0.127 e. The Hall–Kier alpha value is -1.49. The van der Waals surface area contributed by atoms with Crippen molar-refractivity contribution in [3.63, 3.8) is 0 Å². The van der Waals surface area contributed by atoms with E-state index >= 15 is 0 Å². The third-order valence-electron chi connectivity index (χ3n) is 4.31. The number of hydrogen-bond acceptors (Lipinski definition) is 6. The van der Waals surface area contributed by atoms with Crippen LogP contribution in [0.2, 0.25) is 0 Å². The quantitative estimate of drug-likeness (QED) is 0.618. The number of thioether (sulfide) groups is 1. The Balaban J connectivity index is 1.87. The first-order chi connectivity index (χ1) is 11.5. The van der Waals surface area contributed by atoms with Gasteiger partial charge in [-0.05, 0) is 28.8 Å². The van der Waals surface area contributed by atoms with E-state index in [4.69, 9.17) is 5.26 Å². The molecule has 0 bridgehead atoms. The standard InChI is InChI=1S/C18H17NO3S2/c19-9-11-1-3-12(4-2-11)13-5-7-14(8-6-13)18(22)10-24-17(23)15(20)16(18)21/h1-8,15-17,20-23H,10H2/t15-,16-,17-,18+/m1/s1. The molecule has 0 aliphatic carbocycles. The molecule has 1 heterocycles. The summed E-state index contributed by atoms with van der Waals surface area (Å²) >= 11 is 5.52. The topological polar surface area (TPSA) is 84.5 Å². The molecule has 24 heavy (non-hydrogen) atoms. The normalized spacial score (nSPS) is 29.9. The maximum atomic E-state index is 10.8. The Kier molecular flexibility index (Phi) is 4.90. The molecule has 4 nitrogen and oxygen atoms in total. The lowest BCUT2D eigenvalue weighted by Crippen LogP contribution is -2.54. The Morgan fingerprint density at radius 3 is 2.12 bits per heavy atom. The van der Waals surface area contributed by atoms with Crippen LogP contribution in [-0.4, -0.2) is 37.9 Å². The van der Waals surface area contributed by atoms with Gasteiger partial charge >= 0.3 is 0 Å². The van der Waals surface area contributed by atoms with Gasteiger partial charge in [0.05, 0.1) is 16.2 Å². The van der Waals surface area contributed by atoms with Crippen LogP contribution >= 0.6 is 24.4 Å². The summed E-state index contributed by atoms with van der Waals surface area (Å²) < 4.78 is -0.418. The molecule has 0 aromatic heterocycles. The van der Waals surface area contributed by atoms with Crippen molar-refractivity contribution in [1.82, 2.24) is 0 Å². The lowest BCUT2D eigenvalue weighted by Gasteiger charge is -2.42. The summed E-state index contributed by atoms with van der Waals surface area (Å²) in [5, 5.41) is 39.9. The van der Waals surface area contributed by atoms with Crippen molar-refractivity contribution >= 4 is 24.4 Å². The highest BCUT2D eigenvalue weighted by atomic mass is 32.2. The number of aliphatic hydroxyl groups is 3. The third-order valence-corrected chi connectivity index (χ3v) is 6.29. The molecule has 4 atom stereocenters. The molecule has 124 valence electrons. The predicted octanol–water partition coefficient (Wildman–Crippen LogP) is 2.14. The van der Waals surface area contributed by atoms with Crippen molar-refractivity contribution in [2.75, 3.05) is 5.75 Å². The van der Waals surface area contributed by atoms with Crippen LogP contribution in [0, 0.1) is 11.3 Å². The van der Waals surface area contributed by atoms with Crippen molar-refractivity contribution in [1.29, 1.82) is 5.26 Å². The van der Waals surface area contributed by atoms with Crippen molar-refractivity contribution in [3.05, 3.63) is 59.7 Å². The molecule has 2 aromatic carbocycles. The van der Waals surface area contributed by atoms with Gasteiger partial charge in [-0.1, -0.05) is 36.4 Å². The van der Waals surface area contributed by atoms with Gasteiger partial charge in [0.25, 0.3) is 0 Å². The molecule has 1 fully saturated rings. The SMILES string of the molecule is N#Cc1ccc(-c2ccc([C@@]3(O)CS[C@@H](S)[C@H](O)[C@H]3O)cc2)cc1. The summed E-state index contributed by atoms with van der Waals surface area (Å²) in [6.45, 7) is 0. The molecule has 6 heteroatoms. The van der Waals surface area contributed by atoms with E-state index in [1.54, 1.807) is 24.3 Å². The average molecular weight is 359 g/mol. The second-order valence-electron chi connectivity index (χ2n) is 5.83. The summed E-state index contributed by atoms with van der Waals surface area (Å²) in [7, 11) is 0. The molecule has 1 aliphatic rings. The molecule has 0 unspecified atom stereocenters. The number of benzene rings is 2. The van der Waals surface area contributed by atoms with E-state index in [0.29, 0.717) is 11.1 Å². The van der Waals surface area contributed by atoms with E-state index < -0.39 is 22.4 Å². The number of thiol groups is 1. The van der Waals surface area contributed by atoms with Gasteiger partial charge in [-0.3, -0.25) is 0 Å². The minimum Gasteiger partial charge on any atom is -0.388 e. The monoisotopic (exact) mass is 359 g/mol. The van der Waals surface area contributed by atoms with Crippen LogP contribution < -0.4 is 0 Å². The molecule has 2 aromatic rings. The Bertz CT molecular complexity index is 757. The largest absolute Gasteiger partial charge is 0.388 e. The van der Waals surface area contributed by atoms with Gasteiger partial charge in [-0.15, -0.1) is 11.8 Å². The number of nitrogens with zero attached hydrogens (tertiary/aromatic N) is 1. The Labute approximate surface area is 150 Å². The van der Waals surface area contributed by atoms with E-state index in [9.17, 15) is 15.3 Å². The van der Waals surface area contributed by atoms with Crippen LogP contribution in [0.3, 0.4) is 0 Å². The van der Waals surface area contributed by atoms with E-state index in [0.717, 1.165) is 11.1 Å². The minimum absolute atomic E-state index is 0.260. The van der Waals surface area contributed by atoms with E-state index in [2.05, 4.69) is 18.7 Å². The summed E-state index contributed by atoms with van der Waals surface area (Å²) in [6, 6.07) is 16.5. The van der Waals surface area contributed by atoms with Crippen LogP contribution in [0.5, 0.6) is 0 Å². The summed E-state index contributed by atoms with van der Waals surface area (Å²) in [5.41, 5.74) is 1.55. The van der Waals surface area contributed by atoms with E-state index in [1.165, 1.54) is 11.8 Å². The first-order valence-electron chi connectivity index (χ1n) is 7.45. The van der Waals surface area contributed by atoms with Gasteiger partial charge in [-0.25, -0.2) is 0 Å². The Morgan fingerprint density at radius 2 is 1.58 bits per heavy atom. The first kappa shape index (κ1) is 17.3. The number of hydrogen-bond donors (Lipinski definition) is 4. The molecule has 3 N–H and O–H groups in total. The molecule has 1 saturated heterocycles. The minimum atomic E-state index is -1.51. The molecule has 3 rings (SSSR count). The molecular weight excluding hydrogens is 342 g/mol. The average Bonchev–Trinajstić information content (AvgIpc) is 2.63. The first-order valence-corrected chi connectivity index (χ1v) is 9.01.